The molecule has 0 amide bonds. The fourth-order valence-corrected chi connectivity index (χ4v) is 2.12. The van der Waals surface area contributed by atoms with Gasteiger partial charge in [-0.25, -0.2) is 9.18 Å². The fourth-order valence-electron chi connectivity index (χ4n) is 2.12. The highest BCUT2D eigenvalue weighted by Gasteiger charge is 2.41. The Morgan fingerprint density at radius 2 is 2.18 bits per heavy atom. The van der Waals surface area contributed by atoms with Crippen LogP contribution < -0.4 is 4.74 Å². The largest absolute Gasteiger partial charge is 0.493 e. The van der Waals surface area contributed by atoms with Crippen LogP contribution in [0.15, 0.2) is 23.2 Å². The molecule has 2 rings (SSSR count). The smallest absolute Gasteiger partial charge is 0.235 e. The van der Waals surface area contributed by atoms with Gasteiger partial charge in [0, 0.05) is 5.56 Å². The second kappa shape index (κ2) is 5.43. The van der Waals surface area contributed by atoms with Crippen LogP contribution in [-0.2, 0) is 10.3 Å². The van der Waals surface area contributed by atoms with Crippen LogP contribution in [0.5, 0.6) is 5.75 Å². The summed E-state index contributed by atoms with van der Waals surface area (Å²) in [5, 5.41) is 0. The summed E-state index contributed by atoms with van der Waals surface area (Å²) in [7, 11) is 1.42. The quantitative estimate of drug-likeness (QED) is 0.635. The third-order valence-corrected chi connectivity index (χ3v) is 3.11. The molecule has 1 aliphatic rings. The van der Waals surface area contributed by atoms with E-state index < -0.39 is 11.4 Å². The van der Waals surface area contributed by atoms with E-state index in [0.29, 0.717) is 5.56 Å². The summed E-state index contributed by atoms with van der Waals surface area (Å²) in [6.45, 7) is 0. The van der Waals surface area contributed by atoms with Gasteiger partial charge in [-0.2, -0.15) is 4.99 Å². The van der Waals surface area contributed by atoms with Crippen molar-refractivity contribution in [3.8, 4) is 5.75 Å². The first-order valence-electron chi connectivity index (χ1n) is 5.15. The SMILES string of the molecule is Br.COc1c(F)cccc1C1(N=C=O)CCC1. The minimum atomic E-state index is -0.616. The number of methoxy groups -OCH3 is 1. The summed E-state index contributed by atoms with van der Waals surface area (Å²) in [5.41, 5.74) is 0.0273. The molecule has 0 unspecified atom stereocenters. The number of benzene rings is 1. The minimum Gasteiger partial charge on any atom is -0.493 e. The van der Waals surface area contributed by atoms with Gasteiger partial charge < -0.3 is 4.74 Å². The van der Waals surface area contributed by atoms with Crippen molar-refractivity contribution in [3.63, 3.8) is 0 Å². The average molecular weight is 302 g/mol. The predicted octanol–water partition coefficient (Wildman–Crippen LogP) is 3.13. The van der Waals surface area contributed by atoms with Gasteiger partial charge in [0.25, 0.3) is 0 Å². The Kier molecular flexibility index (Phi) is 4.43. The molecule has 17 heavy (non-hydrogen) atoms. The topological polar surface area (TPSA) is 38.7 Å². The molecule has 0 heterocycles. The van der Waals surface area contributed by atoms with Crippen LogP contribution in [0.4, 0.5) is 4.39 Å². The fraction of sp³-hybridized carbons (Fsp3) is 0.417. The van der Waals surface area contributed by atoms with Crippen LogP contribution >= 0.6 is 17.0 Å². The first-order chi connectivity index (χ1) is 7.73. The molecule has 92 valence electrons. The highest BCUT2D eigenvalue weighted by molar-refractivity contribution is 8.93. The number of rotatable bonds is 3. The number of para-hydroxylation sites is 1. The van der Waals surface area contributed by atoms with E-state index in [9.17, 15) is 9.18 Å². The van der Waals surface area contributed by atoms with E-state index in [1.54, 1.807) is 18.2 Å². The number of nitrogens with zero attached hydrogens (tertiary/aromatic N) is 1. The Morgan fingerprint density at radius 1 is 1.47 bits per heavy atom. The van der Waals surface area contributed by atoms with Gasteiger partial charge in [-0.15, -0.1) is 17.0 Å². The summed E-state index contributed by atoms with van der Waals surface area (Å²) >= 11 is 0. The van der Waals surface area contributed by atoms with Crippen molar-refractivity contribution in [2.24, 2.45) is 4.99 Å². The lowest BCUT2D eigenvalue weighted by Crippen LogP contribution is -2.32. The zero-order chi connectivity index (χ0) is 11.6. The van der Waals surface area contributed by atoms with Gasteiger partial charge in [0.2, 0.25) is 6.08 Å². The summed E-state index contributed by atoms with van der Waals surface area (Å²) < 4.78 is 18.6. The van der Waals surface area contributed by atoms with Crippen molar-refractivity contribution in [3.05, 3.63) is 29.6 Å². The third kappa shape index (κ3) is 2.26. The maximum absolute atomic E-state index is 13.5. The first-order valence-corrected chi connectivity index (χ1v) is 5.15. The van der Waals surface area contributed by atoms with E-state index in [-0.39, 0.29) is 22.7 Å². The number of isocyanates is 1. The van der Waals surface area contributed by atoms with Crippen molar-refractivity contribution in [2.75, 3.05) is 7.11 Å². The number of halogens is 2. The lowest BCUT2D eigenvalue weighted by atomic mass is 9.72. The van der Waals surface area contributed by atoms with Gasteiger partial charge in [-0.3, -0.25) is 0 Å². The van der Waals surface area contributed by atoms with Gasteiger partial charge in [0.15, 0.2) is 11.6 Å². The monoisotopic (exact) mass is 301 g/mol. The molecule has 1 aromatic carbocycles. The molecule has 1 aromatic rings. The molecule has 3 nitrogen and oxygen atoms in total. The van der Waals surface area contributed by atoms with Crippen LogP contribution in [0.3, 0.4) is 0 Å². The van der Waals surface area contributed by atoms with Crippen LogP contribution in [0.1, 0.15) is 24.8 Å². The number of hydrogen-bond donors (Lipinski definition) is 0. The first kappa shape index (κ1) is 13.9. The molecule has 1 aliphatic carbocycles. The van der Waals surface area contributed by atoms with E-state index >= 15 is 0 Å². The molecule has 0 saturated heterocycles. The molecule has 1 fully saturated rings. The lowest BCUT2D eigenvalue weighted by Gasteiger charge is -2.37. The Hall–Kier alpha value is -1.19. The van der Waals surface area contributed by atoms with Crippen LogP contribution in [-0.4, -0.2) is 13.2 Å². The standard InChI is InChI=1S/C12H12FNO2.BrH/c1-16-11-9(4-2-5-10(11)13)12(14-8-15)6-3-7-12;/h2,4-5H,3,6-7H2,1H3;1H. The Balaban J connectivity index is 0.00000144. The van der Waals surface area contributed by atoms with Gasteiger partial charge >= 0.3 is 0 Å². The number of carbonyl (C=O) groups excluding carboxylic acids is 1. The average Bonchev–Trinajstić information content (AvgIpc) is 2.23. The highest BCUT2D eigenvalue weighted by Crippen LogP contribution is 2.48. The molecule has 0 atom stereocenters. The molecule has 0 aliphatic heterocycles. The van der Waals surface area contributed by atoms with E-state index in [1.807, 2.05) is 0 Å². The third-order valence-electron chi connectivity index (χ3n) is 3.11. The van der Waals surface area contributed by atoms with Crippen molar-refractivity contribution in [2.45, 2.75) is 24.8 Å². The molecular formula is C12H13BrFNO2. The summed E-state index contributed by atoms with van der Waals surface area (Å²) in [4.78, 5) is 14.3. The van der Waals surface area contributed by atoms with E-state index in [1.165, 1.54) is 13.2 Å². The van der Waals surface area contributed by atoms with E-state index in [4.69, 9.17) is 4.74 Å². The molecule has 0 spiro atoms. The minimum absolute atomic E-state index is 0. The van der Waals surface area contributed by atoms with E-state index in [0.717, 1.165) is 19.3 Å². The molecule has 0 N–H and O–H groups in total. The Labute approximate surface area is 109 Å². The molecule has 0 aromatic heterocycles. The Bertz CT molecular complexity index is 454. The van der Waals surface area contributed by atoms with Gasteiger partial charge in [-0.1, -0.05) is 12.1 Å². The van der Waals surface area contributed by atoms with Gasteiger partial charge in [0.1, 0.15) is 5.54 Å². The maximum Gasteiger partial charge on any atom is 0.235 e. The molecule has 5 heteroatoms. The summed E-state index contributed by atoms with van der Waals surface area (Å²) in [5.74, 6) is -0.242. The van der Waals surface area contributed by atoms with Crippen LogP contribution in [0.25, 0.3) is 0 Å². The van der Waals surface area contributed by atoms with Gasteiger partial charge in [-0.05, 0) is 25.3 Å². The molecule has 0 radical (unpaired) electrons. The predicted molar refractivity (Wildman–Crippen MR) is 66.9 cm³/mol. The van der Waals surface area contributed by atoms with Crippen molar-refractivity contribution in [1.29, 1.82) is 0 Å². The zero-order valence-corrected chi connectivity index (χ0v) is 11.1. The second-order valence-corrected chi connectivity index (χ2v) is 3.91. The normalized spacial score (nSPS) is 16.1. The second-order valence-electron chi connectivity index (χ2n) is 3.91. The number of aliphatic imine (C=N–C) groups is 1. The molecular weight excluding hydrogens is 289 g/mol. The van der Waals surface area contributed by atoms with E-state index in [2.05, 4.69) is 4.99 Å². The van der Waals surface area contributed by atoms with Gasteiger partial charge in [0.05, 0.1) is 7.11 Å². The molecule has 1 saturated carbocycles. The van der Waals surface area contributed by atoms with Crippen LogP contribution in [0, 0.1) is 5.82 Å². The van der Waals surface area contributed by atoms with Crippen LogP contribution in [0.2, 0.25) is 0 Å². The lowest BCUT2D eigenvalue weighted by molar-refractivity contribution is 0.243. The number of hydrogen-bond acceptors (Lipinski definition) is 3. The highest BCUT2D eigenvalue weighted by atomic mass is 79.9. The van der Waals surface area contributed by atoms with Crippen molar-refractivity contribution >= 4 is 23.1 Å². The number of ether oxygens (including phenoxy) is 1. The summed E-state index contributed by atoms with van der Waals surface area (Å²) in [6.07, 6.45) is 4.03. The Morgan fingerprint density at radius 3 is 2.65 bits per heavy atom. The zero-order valence-electron chi connectivity index (χ0n) is 9.40. The van der Waals surface area contributed by atoms with Crippen molar-refractivity contribution in [1.82, 2.24) is 0 Å². The van der Waals surface area contributed by atoms with Crippen molar-refractivity contribution < 1.29 is 13.9 Å². The molecule has 0 bridgehead atoms. The maximum atomic E-state index is 13.5. The summed E-state index contributed by atoms with van der Waals surface area (Å²) in [6, 6.07) is 4.69.